The van der Waals surface area contributed by atoms with Crippen molar-refractivity contribution in [3.8, 4) is 5.75 Å². The van der Waals surface area contributed by atoms with E-state index in [9.17, 15) is 18.0 Å². The summed E-state index contributed by atoms with van der Waals surface area (Å²) in [6.07, 6.45) is 0.631. The number of sulfonamides is 1. The summed E-state index contributed by atoms with van der Waals surface area (Å²) in [5.74, 6) is -0.583. The van der Waals surface area contributed by atoms with Crippen LogP contribution in [0.4, 0.5) is 5.69 Å². The number of hydrazine groups is 1. The molecule has 0 spiro atoms. The molecule has 0 aromatic heterocycles. The van der Waals surface area contributed by atoms with E-state index in [0.717, 1.165) is 0 Å². The second-order valence-electron chi connectivity index (χ2n) is 6.11. The SMILES string of the molecule is CC[C@H](C)C(=O)NNC(=O)c1cccc(S(=O)(=O)Nc2ccc(OC)cc2)c1. The first-order valence-corrected chi connectivity index (χ1v) is 10.1. The fourth-order valence-corrected chi connectivity index (χ4v) is 3.28. The van der Waals surface area contributed by atoms with E-state index in [4.69, 9.17) is 4.74 Å². The molecule has 2 rings (SSSR count). The summed E-state index contributed by atoms with van der Waals surface area (Å²) in [6, 6.07) is 11.9. The molecular formula is C19H23N3O5S. The predicted octanol–water partition coefficient (Wildman–Crippen LogP) is 2.30. The molecule has 1 atom stereocenters. The van der Waals surface area contributed by atoms with Gasteiger partial charge in [-0.05, 0) is 48.9 Å². The number of ether oxygens (including phenoxy) is 1. The molecule has 9 heteroatoms. The minimum Gasteiger partial charge on any atom is -0.497 e. The summed E-state index contributed by atoms with van der Waals surface area (Å²) in [4.78, 5) is 23.9. The third-order valence-electron chi connectivity index (χ3n) is 4.11. The molecule has 0 bridgehead atoms. The number of amides is 2. The van der Waals surface area contributed by atoms with E-state index in [-0.39, 0.29) is 22.3 Å². The molecule has 0 radical (unpaired) electrons. The van der Waals surface area contributed by atoms with Crippen LogP contribution in [-0.4, -0.2) is 27.3 Å². The van der Waals surface area contributed by atoms with E-state index >= 15 is 0 Å². The third kappa shape index (κ3) is 5.46. The zero-order valence-electron chi connectivity index (χ0n) is 15.9. The summed E-state index contributed by atoms with van der Waals surface area (Å²) in [7, 11) is -2.38. The van der Waals surface area contributed by atoms with E-state index < -0.39 is 15.9 Å². The van der Waals surface area contributed by atoms with Gasteiger partial charge in [0.15, 0.2) is 0 Å². The molecule has 0 aliphatic heterocycles. The summed E-state index contributed by atoms with van der Waals surface area (Å²) in [5, 5.41) is 0. The Hall–Kier alpha value is -3.07. The molecule has 28 heavy (non-hydrogen) atoms. The lowest BCUT2D eigenvalue weighted by molar-refractivity contribution is -0.125. The smallest absolute Gasteiger partial charge is 0.269 e. The molecule has 0 saturated carbocycles. The highest BCUT2D eigenvalue weighted by molar-refractivity contribution is 7.92. The van der Waals surface area contributed by atoms with E-state index in [2.05, 4.69) is 15.6 Å². The minimum atomic E-state index is -3.90. The van der Waals surface area contributed by atoms with Crippen molar-refractivity contribution < 1.29 is 22.7 Å². The Balaban J connectivity index is 2.11. The van der Waals surface area contributed by atoms with Crippen molar-refractivity contribution in [2.24, 2.45) is 5.92 Å². The minimum absolute atomic E-state index is 0.0794. The van der Waals surface area contributed by atoms with Crippen LogP contribution in [0.15, 0.2) is 53.4 Å². The first-order valence-electron chi connectivity index (χ1n) is 8.64. The summed E-state index contributed by atoms with van der Waals surface area (Å²) >= 11 is 0. The van der Waals surface area contributed by atoms with E-state index in [1.807, 2.05) is 6.92 Å². The lowest BCUT2D eigenvalue weighted by Crippen LogP contribution is -2.44. The average molecular weight is 405 g/mol. The number of hydrogen-bond donors (Lipinski definition) is 3. The van der Waals surface area contributed by atoms with Crippen LogP contribution < -0.4 is 20.3 Å². The monoisotopic (exact) mass is 405 g/mol. The highest BCUT2D eigenvalue weighted by Gasteiger charge is 2.17. The van der Waals surface area contributed by atoms with Gasteiger partial charge >= 0.3 is 0 Å². The van der Waals surface area contributed by atoms with Crippen molar-refractivity contribution in [1.29, 1.82) is 0 Å². The molecule has 0 aliphatic carbocycles. The van der Waals surface area contributed by atoms with E-state index in [0.29, 0.717) is 17.9 Å². The zero-order chi connectivity index (χ0) is 20.7. The highest BCUT2D eigenvalue weighted by Crippen LogP contribution is 2.20. The van der Waals surface area contributed by atoms with Crippen LogP contribution in [0.3, 0.4) is 0 Å². The second-order valence-corrected chi connectivity index (χ2v) is 7.80. The molecule has 2 amide bonds. The van der Waals surface area contributed by atoms with Crippen LogP contribution in [0.1, 0.15) is 30.6 Å². The molecule has 2 aromatic rings. The topological polar surface area (TPSA) is 114 Å². The van der Waals surface area contributed by atoms with E-state index in [1.54, 1.807) is 31.2 Å². The third-order valence-corrected chi connectivity index (χ3v) is 5.49. The van der Waals surface area contributed by atoms with Gasteiger partial charge in [0, 0.05) is 17.2 Å². The average Bonchev–Trinajstić information content (AvgIpc) is 2.71. The summed E-state index contributed by atoms with van der Waals surface area (Å²) < 4.78 is 32.6. The van der Waals surface area contributed by atoms with Crippen LogP contribution in [0.5, 0.6) is 5.75 Å². The Kier molecular flexibility index (Phi) is 7.00. The Morgan fingerprint density at radius 1 is 1.07 bits per heavy atom. The Morgan fingerprint density at radius 2 is 1.75 bits per heavy atom. The number of anilines is 1. The van der Waals surface area contributed by atoms with Gasteiger partial charge in [0.2, 0.25) is 5.91 Å². The van der Waals surface area contributed by atoms with Gasteiger partial charge in [-0.15, -0.1) is 0 Å². The first kappa shape index (κ1) is 21.2. The van der Waals surface area contributed by atoms with Crippen molar-refractivity contribution in [3.05, 3.63) is 54.1 Å². The van der Waals surface area contributed by atoms with Crippen LogP contribution in [0, 0.1) is 5.92 Å². The van der Waals surface area contributed by atoms with Gasteiger partial charge in [0.05, 0.1) is 12.0 Å². The molecule has 0 unspecified atom stereocenters. The maximum atomic E-state index is 12.6. The van der Waals surface area contributed by atoms with Crippen LogP contribution in [0.25, 0.3) is 0 Å². The predicted molar refractivity (Wildman–Crippen MR) is 105 cm³/mol. The van der Waals surface area contributed by atoms with Crippen molar-refractivity contribution in [1.82, 2.24) is 10.9 Å². The fourth-order valence-electron chi connectivity index (χ4n) is 2.18. The number of hydrogen-bond acceptors (Lipinski definition) is 5. The first-order chi connectivity index (χ1) is 13.3. The molecule has 3 N–H and O–H groups in total. The van der Waals surface area contributed by atoms with Gasteiger partial charge in [0.25, 0.3) is 15.9 Å². The quantitative estimate of drug-likeness (QED) is 0.612. The van der Waals surface area contributed by atoms with Crippen molar-refractivity contribution in [2.45, 2.75) is 25.2 Å². The number of carbonyl (C=O) groups is 2. The molecule has 0 saturated heterocycles. The number of rotatable bonds is 7. The number of benzene rings is 2. The van der Waals surface area contributed by atoms with Gasteiger partial charge < -0.3 is 4.74 Å². The molecule has 150 valence electrons. The fraction of sp³-hybridized carbons (Fsp3) is 0.263. The highest BCUT2D eigenvalue weighted by atomic mass is 32.2. The van der Waals surface area contributed by atoms with Gasteiger partial charge in [-0.1, -0.05) is 19.9 Å². The maximum absolute atomic E-state index is 12.6. The van der Waals surface area contributed by atoms with Crippen molar-refractivity contribution >= 4 is 27.5 Å². The molecule has 0 aliphatic rings. The van der Waals surface area contributed by atoms with Gasteiger partial charge in [-0.2, -0.15) is 0 Å². The molecule has 0 fully saturated rings. The Morgan fingerprint density at radius 3 is 2.36 bits per heavy atom. The van der Waals surface area contributed by atoms with Gasteiger partial charge in [-0.25, -0.2) is 8.42 Å². The maximum Gasteiger partial charge on any atom is 0.269 e. The molecular weight excluding hydrogens is 382 g/mol. The van der Waals surface area contributed by atoms with Crippen molar-refractivity contribution in [3.63, 3.8) is 0 Å². The number of methoxy groups -OCH3 is 1. The lowest BCUT2D eigenvalue weighted by atomic mass is 10.1. The number of nitrogens with one attached hydrogen (secondary N) is 3. The van der Waals surface area contributed by atoms with Crippen LogP contribution in [-0.2, 0) is 14.8 Å². The molecule has 8 nitrogen and oxygen atoms in total. The Bertz CT molecular complexity index is 942. The second kappa shape index (κ2) is 9.23. The molecule has 0 heterocycles. The summed E-state index contributed by atoms with van der Waals surface area (Å²) in [6.45, 7) is 3.59. The Labute approximate surface area is 164 Å². The normalized spacial score (nSPS) is 12.0. The van der Waals surface area contributed by atoms with Gasteiger partial charge in [0.1, 0.15) is 5.75 Å². The van der Waals surface area contributed by atoms with Gasteiger partial charge in [-0.3, -0.25) is 25.2 Å². The zero-order valence-corrected chi connectivity index (χ0v) is 16.7. The van der Waals surface area contributed by atoms with E-state index in [1.165, 1.54) is 31.4 Å². The molecule has 2 aromatic carbocycles. The lowest BCUT2D eigenvalue weighted by Gasteiger charge is -2.12. The number of carbonyl (C=O) groups excluding carboxylic acids is 2. The van der Waals surface area contributed by atoms with Crippen LogP contribution in [0.2, 0.25) is 0 Å². The van der Waals surface area contributed by atoms with Crippen molar-refractivity contribution in [2.75, 3.05) is 11.8 Å². The van der Waals surface area contributed by atoms with Crippen LogP contribution >= 0.6 is 0 Å². The summed E-state index contributed by atoms with van der Waals surface area (Å²) in [5.41, 5.74) is 5.07. The largest absolute Gasteiger partial charge is 0.497 e. The standard InChI is InChI=1S/C19H23N3O5S/c1-4-13(2)18(23)20-21-19(24)14-6-5-7-17(12-14)28(25,26)22-15-8-10-16(27-3)11-9-15/h5-13,22H,4H2,1-3H3,(H,20,23)(H,21,24)/t13-/m0/s1.